The lowest BCUT2D eigenvalue weighted by atomic mass is 9.96. The van der Waals surface area contributed by atoms with Gasteiger partial charge < -0.3 is 10.4 Å². The van der Waals surface area contributed by atoms with Crippen LogP contribution in [0.2, 0.25) is 0 Å². The van der Waals surface area contributed by atoms with E-state index >= 15 is 0 Å². The third-order valence-corrected chi connectivity index (χ3v) is 7.80. The second-order valence-corrected chi connectivity index (χ2v) is 11.9. The zero-order chi connectivity index (χ0) is 29.0. The molecule has 0 unspecified atom stereocenters. The average Bonchev–Trinajstić information content (AvgIpc) is 2.78. The van der Waals surface area contributed by atoms with Crippen LogP contribution in [0.4, 0.5) is 32.0 Å². The fourth-order valence-electron chi connectivity index (χ4n) is 3.78. The molecule has 0 heterocycles. The van der Waals surface area contributed by atoms with Gasteiger partial charge in [-0.15, -0.1) is 0 Å². The molecule has 0 radical (unpaired) electrons. The minimum Gasteiger partial charge on any atom is -0.380 e. The molecule has 2 N–H and O–H groups in total. The van der Waals surface area contributed by atoms with Crippen LogP contribution in [0.1, 0.15) is 88.7 Å². The van der Waals surface area contributed by atoms with E-state index in [0.29, 0.717) is 31.7 Å². The molecule has 13 heteroatoms. The van der Waals surface area contributed by atoms with Crippen LogP contribution in [0.5, 0.6) is 0 Å². The summed E-state index contributed by atoms with van der Waals surface area (Å²) >= 11 is 0. The first-order valence-corrected chi connectivity index (χ1v) is 14.2. The van der Waals surface area contributed by atoms with E-state index in [1.807, 2.05) is 0 Å². The Morgan fingerprint density at radius 1 is 0.895 bits per heavy atom. The lowest BCUT2D eigenvalue weighted by molar-refractivity contribution is -0.138. The first-order chi connectivity index (χ1) is 17.5. The maximum absolute atomic E-state index is 13.1. The summed E-state index contributed by atoms with van der Waals surface area (Å²) in [6.45, 7) is 1.27. The maximum Gasteiger partial charge on any atom is 0.417 e. The number of amides is 1. The number of sulfone groups is 1. The van der Waals surface area contributed by atoms with Gasteiger partial charge in [-0.05, 0) is 44.4 Å². The van der Waals surface area contributed by atoms with Crippen LogP contribution in [0.15, 0.2) is 18.2 Å². The second-order valence-electron chi connectivity index (χ2n) is 9.55. The summed E-state index contributed by atoms with van der Waals surface area (Å²) < 4.78 is 99.1. The molecule has 0 saturated heterocycles. The molecule has 0 bridgehead atoms. The van der Waals surface area contributed by atoms with Crippen molar-refractivity contribution in [2.24, 2.45) is 0 Å². The van der Waals surface area contributed by atoms with Crippen molar-refractivity contribution >= 4 is 21.4 Å². The number of hydrogen-bond acceptors (Lipinski definition) is 5. The lowest BCUT2D eigenvalue weighted by Crippen LogP contribution is -2.40. The Hall–Kier alpha value is -2.33. The van der Waals surface area contributed by atoms with Crippen molar-refractivity contribution in [2.75, 3.05) is 16.8 Å². The number of carbonyl (C=O) groups excluding carboxylic acids is 1. The van der Waals surface area contributed by atoms with Crippen molar-refractivity contribution in [2.45, 2.75) is 95.5 Å². The van der Waals surface area contributed by atoms with Crippen LogP contribution in [0.25, 0.3) is 0 Å². The van der Waals surface area contributed by atoms with E-state index in [-0.39, 0.29) is 17.9 Å². The van der Waals surface area contributed by atoms with Gasteiger partial charge in [-0.2, -0.15) is 31.6 Å². The average molecular weight is 573 g/mol. The van der Waals surface area contributed by atoms with Crippen molar-refractivity contribution < 1.29 is 44.7 Å². The SMILES string of the molecule is C[C@](O)(CCCCCCCCCCS(=O)(=O)CCCC(F)(F)F)C(=O)Nc1ccc(C#N)c(C(F)(F)F)c1. The van der Waals surface area contributed by atoms with Crippen LogP contribution in [-0.2, 0) is 20.8 Å². The molecule has 1 rings (SSSR count). The van der Waals surface area contributed by atoms with Crippen molar-refractivity contribution in [1.29, 1.82) is 5.26 Å². The molecule has 0 aliphatic heterocycles. The van der Waals surface area contributed by atoms with Crippen molar-refractivity contribution in [1.82, 2.24) is 0 Å². The number of benzene rings is 1. The van der Waals surface area contributed by atoms with E-state index < -0.39 is 63.4 Å². The fraction of sp³-hybridized carbons (Fsp3) is 0.680. The van der Waals surface area contributed by atoms with Gasteiger partial charge in [-0.25, -0.2) is 8.42 Å². The zero-order valence-corrected chi connectivity index (χ0v) is 22.0. The predicted octanol–water partition coefficient (Wildman–Crippen LogP) is 6.53. The third-order valence-electron chi connectivity index (χ3n) is 5.98. The number of nitrogens with one attached hydrogen (secondary N) is 1. The van der Waals surface area contributed by atoms with Gasteiger partial charge in [0.25, 0.3) is 5.91 Å². The smallest absolute Gasteiger partial charge is 0.380 e. The largest absolute Gasteiger partial charge is 0.417 e. The summed E-state index contributed by atoms with van der Waals surface area (Å²) in [5.74, 6) is -1.44. The molecule has 6 nitrogen and oxygen atoms in total. The van der Waals surface area contributed by atoms with Crippen molar-refractivity contribution in [3.63, 3.8) is 0 Å². The molecule has 0 fully saturated rings. The summed E-state index contributed by atoms with van der Waals surface area (Å²) in [5, 5.41) is 21.5. The van der Waals surface area contributed by atoms with Crippen LogP contribution < -0.4 is 5.32 Å². The Labute approximate surface area is 219 Å². The van der Waals surface area contributed by atoms with Crippen LogP contribution in [0.3, 0.4) is 0 Å². The van der Waals surface area contributed by atoms with Crippen molar-refractivity contribution in [3.05, 3.63) is 29.3 Å². The zero-order valence-electron chi connectivity index (χ0n) is 21.2. The van der Waals surface area contributed by atoms with Gasteiger partial charge in [0, 0.05) is 12.1 Å². The monoisotopic (exact) mass is 572 g/mol. The van der Waals surface area contributed by atoms with E-state index in [2.05, 4.69) is 5.32 Å². The molecule has 0 spiro atoms. The second kappa shape index (κ2) is 14.7. The van der Waals surface area contributed by atoms with Gasteiger partial charge in [0.05, 0.1) is 28.7 Å². The summed E-state index contributed by atoms with van der Waals surface area (Å²) in [5.41, 5.74) is -3.75. The summed E-state index contributed by atoms with van der Waals surface area (Å²) in [6.07, 6.45) is -5.04. The molecule has 0 aromatic heterocycles. The number of anilines is 1. The van der Waals surface area contributed by atoms with Gasteiger partial charge in [-0.1, -0.05) is 44.9 Å². The molecule has 1 amide bonds. The number of aliphatic hydroxyl groups is 1. The molecule has 38 heavy (non-hydrogen) atoms. The Kier molecular flexibility index (Phi) is 13.1. The van der Waals surface area contributed by atoms with E-state index in [1.54, 1.807) is 0 Å². The number of alkyl halides is 6. The first kappa shape index (κ1) is 33.7. The highest BCUT2D eigenvalue weighted by molar-refractivity contribution is 7.91. The lowest BCUT2D eigenvalue weighted by Gasteiger charge is -2.22. The van der Waals surface area contributed by atoms with E-state index in [4.69, 9.17) is 5.26 Å². The number of halogens is 6. The normalized spacial score (nSPS) is 14.1. The maximum atomic E-state index is 13.1. The van der Waals surface area contributed by atoms with E-state index in [1.165, 1.54) is 13.0 Å². The molecule has 0 aliphatic rings. The third kappa shape index (κ3) is 13.5. The number of nitrogens with zero attached hydrogens (tertiary/aromatic N) is 1. The van der Waals surface area contributed by atoms with Gasteiger partial charge in [0.15, 0.2) is 0 Å². The first-order valence-electron chi connectivity index (χ1n) is 12.4. The van der Waals surface area contributed by atoms with Gasteiger partial charge >= 0.3 is 12.4 Å². The summed E-state index contributed by atoms with van der Waals surface area (Å²) in [7, 11) is -3.48. The van der Waals surface area contributed by atoms with E-state index in [0.717, 1.165) is 37.8 Å². The Morgan fingerprint density at radius 3 is 1.95 bits per heavy atom. The summed E-state index contributed by atoms with van der Waals surface area (Å²) in [4.78, 5) is 12.4. The predicted molar refractivity (Wildman–Crippen MR) is 131 cm³/mol. The molecule has 1 atom stereocenters. The quantitative estimate of drug-likeness (QED) is 0.173. The number of carbonyl (C=O) groups is 1. The molecular weight excluding hydrogens is 538 g/mol. The standard InChI is InChI=1S/C25H34F6N2O4S/c1-23(35,22(34)33-20-12-11-19(18-32)21(17-20)25(29,30)31)13-8-6-4-2-3-5-7-9-15-38(36,37)16-10-14-24(26,27)28/h11-12,17,35H,2-10,13-16H2,1H3,(H,33,34)/t23-/m0/s1. The number of hydrogen-bond donors (Lipinski definition) is 2. The number of nitriles is 1. The Morgan fingerprint density at radius 2 is 1.42 bits per heavy atom. The minimum absolute atomic E-state index is 0.0907. The summed E-state index contributed by atoms with van der Waals surface area (Å²) in [6, 6.07) is 4.21. The van der Waals surface area contributed by atoms with Crippen LogP contribution >= 0.6 is 0 Å². The number of unbranched alkanes of at least 4 members (excludes halogenated alkanes) is 7. The fourth-order valence-corrected chi connectivity index (χ4v) is 5.21. The van der Waals surface area contributed by atoms with Crippen molar-refractivity contribution in [3.8, 4) is 6.07 Å². The van der Waals surface area contributed by atoms with Gasteiger partial charge in [-0.3, -0.25) is 4.79 Å². The van der Waals surface area contributed by atoms with Crippen LogP contribution in [-0.4, -0.2) is 42.7 Å². The molecular formula is C25H34F6N2O4S. The highest BCUT2D eigenvalue weighted by Gasteiger charge is 2.35. The molecule has 0 aliphatic carbocycles. The van der Waals surface area contributed by atoms with Gasteiger partial charge in [0.2, 0.25) is 0 Å². The number of rotatable bonds is 16. The Bertz CT molecular complexity index is 1050. The van der Waals surface area contributed by atoms with Crippen LogP contribution in [0, 0.1) is 11.3 Å². The minimum atomic E-state index is -4.77. The highest BCUT2D eigenvalue weighted by atomic mass is 32.2. The highest BCUT2D eigenvalue weighted by Crippen LogP contribution is 2.34. The molecule has 1 aromatic carbocycles. The van der Waals surface area contributed by atoms with E-state index in [9.17, 15) is 44.7 Å². The Balaban J connectivity index is 2.26. The topological polar surface area (TPSA) is 107 Å². The molecule has 0 saturated carbocycles. The molecule has 216 valence electrons. The molecule has 1 aromatic rings. The van der Waals surface area contributed by atoms with Gasteiger partial charge in [0.1, 0.15) is 15.4 Å².